The van der Waals surface area contributed by atoms with E-state index in [0.29, 0.717) is 5.92 Å². The Bertz CT molecular complexity index is 68.2. The molecule has 0 aliphatic rings. The summed E-state index contributed by atoms with van der Waals surface area (Å²) in [6.45, 7) is 5.54. The molecule has 0 bridgehead atoms. The van der Waals surface area contributed by atoms with Crippen LogP contribution in [0.3, 0.4) is 0 Å². The minimum Gasteiger partial charge on any atom is -0.296 e. The Kier molecular flexibility index (Phi) is 2.49. The molecule has 0 aromatic heterocycles. The first kappa shape index (κ1) is 6.54. The van der Waals surface area contributed by atoms with E-state index < -0.39 is 0 Å². The minimum atomic E-state index is 0.162. The Balaban J connectivity index is 3.45. The van der Waals surface area contributed by atoms with Crippen molar-refractivity contribution in [3.63, 3.8) is 0 Å². The first-order valence-electron chi connectivity index (χ1n) is 2.48. The van der Waals surface area contributed by atoms with Crippen LogP contribution in [0, 0.1) is 5.92 Å². The van der Waals surface area contributed by atoms with Gasteiger partial charge in [0.05, 0.1) is 0 Å². The second kappa shape index (κ2) is 2.67. The van der Waals surface area contributed by atoms with Gasteiger partial charge in [-0.3, -0.25) is 5.11 Å². The second-order valence-electron chi connectivity index (χ2n) is 2.02. The number of allylic oxidation sites excluding steroid dienone is 2. The summed E-state index contributed by atoms with van der Waals surface area (Å²) in [5, 5.41) is 10.2. The summed E-state index contributed by atoms with van der Waals surface area (Å²) < 4.78 is 0. The van der Waals surface area contributed by atoms with E-state index in [1.165, 1.54) is 0 Å². The van der Waals surface area contributed by atoms with Gasteiger partial charge >= 0.3 is 0 Å². The summed E-state index contributed by atoms with van der Waals surface area (Å²) in [5.41, 5.74) is 0. The highest BCUT2D eigenvalue weighted by Crippen LogP contribution is 1.96. The van der Waals surface area contributed by atoms with Crippen molar-refractivity contribution >= 4 is 0 Å². The number of rotatable bonds is 1. The fourth-order valence-corrected chi connectivity index (χ4v) is 0.469. The van der Waals surface area contributed by atoms with Crippen LogP contribution in [-0.4, -0.2) is 0 Å². The Morgan fingerprint density at radius 3 is 2.00 bits per heavy atom. The molecule has 1 radical (unpaired) electrons. The summed E-state index contributed by atoms with van der Waals surface area (Å²) in [6, 6.07) is 0. The molecular weight excluding hydrogens is 88.1 g/mol. The maximum atomic E-state index is 10.2. The molecule has 0 N–H and O–H groups in total. The maximum absolute atomic E-state index is 10.2. The van der Waals surface area contributed by atoms with Crippen molar-refractivity contribution in [3.8, 4) is 0 Å². The molecule has 0 heterocycles. The van der Waals surface area contributed by atoms with Gasteiger partial charge in [0.25, 0.3) is 0 Å². The molecule has 0 spiro atoms. The molecule has 0 fully saturated rings. The number of hydrogen-bond acceptors (Lipinski definition) is 0. The van der Waals surface area contributed by atoms with Gasteiger partial charge in [-0.25, -0.2) is 0 Å². The summed E-state index contributed by atoms with van der Waals surface area (Å²) in [5.74, 6) is 0.563. The fourth-order valence-electron chi connectivity index (χ4n) is 0.469. The minimum absolute atomic E-state index is 0.162. The van der Waals surface area contributed by atoms with E-state index in [2.05, 4.69) is 0 Å². The van der Waals surface area contributed by atoms with Crippen LogP contribution in [0.1, 0.15) is 20.8 Å². The smallest absolute Gasteiger partial charge is 0.148 e. The van der Waals surface area contributed by atoms with Crippen LogP contribution in [-0.2, 0) is 5.11 Å². The first-order chi connectivity index (χ1) is 3.13. The molecule has 0 rings (SSSR count). The third-order valence-electron chi connectivity index (χ3n) is 0.568. The molecule has 1 nitrogen and oxygen atoms in total. The van der Waals surface area contributed by atoms with Gasteiger partial charge in [-0.1, -0.05) is 13.8 Å². The van der Waals surface area contributed by atoms with Gasteiger partial charge in [0.2, 0.25) is 0 Å². The molecule has 0 amide bonds. The molecular formula is C6H11O. The molecule has 0 aromatic rings. The van der Waals surface area contributed by atoms with Gasteiger partial charge in [0.15, 0.2) is 0 Å². The van der Waals surface area contributed by atoms with Gasteiger partial charge in [-0.05, 0) is 18.9 Å². The van der Waals surface area contributed by atoms with Gasteiger partial charge < -0.3 is 0 Å². The van der Waals surface area contributed by atoms with Crippen molar-refractivity contribution in [3.05, 3.63) is 11.8 Å². The van der Waals surface area contributed by atoms with Crippen LogP contribution in [0.2, 0.25) is 0 Å². The normalized spacial score (nSPS) is 12.9. The van der Waals surface area contributed by atoms with Crippen molar-refractivity contribution in [2.24, 2.45) is 5.92 Å². The standard InChI is InChI=1S/C6H11O/c1-5(2)4-6(3)7/h4-5H,1-3H3/b6-4+. The lowest BCUT2D eigenvalue weighted by molar-refractivity contribution is 0.296. The summed E-state index contributed by atoms with van der Waals surface area (Å²) >= 11 is 0. The zero-order valence-electron chi connectivity index (χ0n) is 5.06. The van der Waals surface area contributed by atoms with E-state index in [9.17, 15) is 5.11 Å². The highest BCUT2D eigenvalue weighted by atomic mass is 16.3. The molecule has 0 aromatic carbocycles. The van der Waals surface area contributed by atoms with E-state index in [4.69, 9.17) is 0 Å². The van der Waals surface area contributed by atoms with Crippen LogP contribution in [0.25, 0.3) is 0 Å². The van der Waals surface area contributed by atoms with Crippen molar-refractivity contribution in [2.75, 3.05) is 0 Å². The zero-order valence-corrected chi connectivity index (χ0v) is 5.06. The van der Waals surface area contributed by atoms with Crippen molar-refractivity contribution < 1.29 is 5.11 Å². The monoisotopic (exact) mass is 99.1 g/mol. The van der Waals surface area contributed by atoms with Crippen LogP contribution in [0.15, 0.2) is 11.8 Å². The van der Waals surface area contributed by atoms with Gasteiger partial charge in [0, 0.05) is 0 Å². The van der Waals surface area contributed by atoms with Crippen molar-refractivity contribution in [1.82, 2.24) is 0 Å². The molecule has 0 unspecified atom stereocenters. The lowest BCUT2D eigenvalue weighted by Gasteiger charge is -1.89. The van der Waals surface area contributed by atoms with Crippen LogP contribution < -0.4 is 0 Å². The highest BCUT2D eigenvalue weighted by molar-refractivity contribution is 4.87. The average molecular weight is 99.2 g/mol. The first-order valence-corrected chi connectivity index (χ1v) is 2.48. The topological polar surface area (TPSA) is 19.9 Å². The molecule has 0 saturated heterocycles. The fraction of sp³-hybridized carbons (Fsp3) is 0.667. The van der Waals surface area contributed by atoms with E-state index in [1.54, 1.807) is 13.0 Å². The quantitative estimate of drug-likeness (QED) is 0.448. The molecule has 1 heteroatoms. The third kappa shape index (κ3) is 5.54. The van der Waals surface area contributed by atoms with E-state index >= 15 is 0 Å². The van der Waals surface area contributed by atoms with Gasteiger partial charge in [0.1, 0.15) is 5.76 Å². The second-order valence-corrected chi connectivity index (χ2v) is 2.02. The molecule has 0 atom stereocenters. The number of hydrogen-bond donors (Lipinski definition) is 0. The van der Waals surface area contributed by atoms with Gasteiger partial charge in [-0.15, -0.1) is 0 Å². The predicted molar refractivity (Wildman–Crippen MR) is 29.3 cm³/mol. The zero-order chi connectivity index (χ0) is 5.86. The van der Waals surface area contributed by atoms with Crippen molar-refractivity contribution in [2.45, 2.75) is 20.8 Å². The van der Waals surface area contributed by atoms with Gasteiger partial charge in [-0.2, -0.15) is 0 Å². The van der Waals surface area contributed by atoms with E-state index in [0.717, 1.165) is 0 Å². The summed E-state index contributed by atoms with van der Waals surface area (Å²) in [4.78, 5) is 0. The predicted octanol–water partition coefficient (Wildman–Crippen LogP) is 1.98. The van der Waals surface area contributed by atoms with E-state index in [1.807, 2.05) is 13.8 Å². The molecule has 41 valence electrons. The Morgan fingerprint density at radius 1 is 1.57 bits per heavy atom. The molecule has 7 heavy (non-hydrogen) atoms. The van der Waals surface area contributed by atoms with Crippen LogP contribution >= 0.6 is 0 Å². The SMILES string of the molecule is C/C([O])=C\C(C)C. The largest absolute Gasteiger partial charge is 0.296 e. The Morgan fingerprint density at radius 2 is 2.00 bits per heavy atom. The summed E-state index contributed by atoms with van der Waals surface area (Å²) in [7, 11) is 0. The van der Waals surface area contributed by atoms with E-state index in [-0.39, 0.29) is 5.76 Å². The summed E-state index contributed by atoms with van der Waals surface area (Å²) in [6.07, 6.45) is 1.69. The third-order valence-corrected chi connectivity index (χ3v) is 0.568. The lowest BCUT2D eigenvalue weighted by atomic mass is 10.2. The Hall–Kier alpha value is -0.460. The van der Waals surface area contributed by atoms with Crippen molar-refractivity contribution in [1.29, 1.82) is 0 Å². The Labute approximate surface area is 44.7 Å². The molecule has 0 aliphatic carbocycles. The average Bonchev–Trinajstić information content (AvgIpc) is 1.27. The van der Waals surface area contributed by atoms with Crippen LogP contribution in [0.4, 0.5) is 0 Å². The maximum Gasteiger partial charge on any atom is 0.148 e. The molecule has 0 aliphatic heterocycles. The lowest BCUT2D eigenvalue weighted by Crippen LogP contribution is -1.78. The van der Waals surface area contributed by atoms with Crippen LogP contribution in [0.5, 0.6) is 0 Å². The highest BCUT2D eigenvalue weighted by Gasteiger charge is 1.86. The molecule has 0 saturated carbocycles.